The lowest BCUT2D eigenvalue weighted by atomic mass is 10.1. The van der Waals surface area contributed by atoms with Crippen molar-refractivity contribution in [3.05, 3.63) is 62.3 Å². The molecule has 1 N–H and O–H groups in total. The quantitative estimate of drug-likeness (QED) is 0.780. The van der Waals surface area contributed by atoms with Gasteiger partial charge in [0.1, 0.15) is 5.82 Å². The van der Waals surface area contributed by atoms with Crippen molar-refractivity contribution in [1.82, 2.24) is 0 Å². The lowest BCUT2D eigenvalue weighted by Crippen LogP contribution is -2.12. The molecule has 0 radical (unpaired) electrons. The topological polar surface area (TPSA) is 29.1 Å². The van der Waals surface area contributed by atoms with E-state index in [9.17, 15) is 9.18 Å². The number of aryl methyl sites for hydroxylation is 1. The molecule has 0 heterocycles. The van der Waals surface area contributed by atoms with Crippen molar-refractivity contribution in [2.45, 2.75) is 6.92 Å². The van der Waals surface area contributed by atoms with E-state index in [1.807, 2.05) is 0 Å². The molecule has 98 valence electrons. The lowest BCUT2D eigenvalue weighted by molar-refractivity contribution is 0.102. The van der Waals surface area contributed by atoms with E-state index < -0.39 is 0 Å². The van der Waals surface area contributed by atoms with E-state index in [0.29, 0.717) is 21.3 Å². The summed E-state index contributed by atoms with van der Waals surface area (Å²) in [6, 6.07) is 9.95. The van der Waals surface area contributed by atoms with E-state index >= 15 is 0 Å². The van der Waals surface area contributed by atoms with Crippen molar-refractivity contribution >= 4 is 43.5 Å². The average molecular weight is 387 g/mol. The number of benzene rings is 2. The molecule has 0 bridgehead atoms. The standard InChI is InChI=1S/C14H10Br2FNO/c1-8-6-12(17)11(16)7-13(8)18-14(19)9-2-4-10(15)5-3-9/h2-7H,1H3,(H,18,19). The Bertz CT molecular complexity index is 626. The van der Waals surface area contributed by atoms with Gasteiger partial charge in [0.2, 0.25) is 0 Å². The van der Waals surface area contributed by atoms with Crippen molar-refractivity contribution in [3.63, 3.8) is 0 Å². The summed E-state index contributed by atoms with van der Waals surface area (Å²) in [6.45, 7) is 1.74. The van der Waals surface area contributed by atoms with Crippen molar-refractivity contribution < 1.29 is 9.18 Å². The van der Waals surface area contributed by atoms with Gasteiger partial charge < -0.3 is 5.32 Å². The first-order valence-corrected chi connectivity index (χ1v) is 7.08. The third-order valence-electron chi connectivity index (χ3n) is 2.62. The molecule has 19 heavy (non-hydrogen) atoms. The molecule has 0 aromatic heterocycles. The number of hydrogen-bond acceptors (Lipinski definition) is 1. The zero-order valence-electron chi connectivity index (χ0n) is 10.0. The van der Waals surface area contributed by atoms with Crippen LogP contribution in [0.15, 0.2) is 45.3 Å². The molecule has 0 aliphatic carbocycles. The van der Waals surface area contributed by atoms with Crippen LogP contribution in [0.3, 0.4) is 0 Å². The molecule has 0 unspecified atom stereocenters. The van der Waals surface area contributed by atoms with Gasteiger partial charge in [0, 0.05) is 15.7 Å². The van der Waals surface area contributed by atoms with Gasteiger partial charge in [-0.2, -0.15) is 0 Å². The molecular weight excluding hydrogens is 377 g/mol. The number of rotatable bonds is 2. The first kappa shape index (κ1) is 14.2. The molecule has 2 aromatic rings. The second kappa shape index (κ2) is 5.84. The normalized spacial score (nSPS) is 10.3. The summed E-state index contributed by atoms with van der Waals surface area (Å²) in [5.74, 6) is -0.576. The summed E-state index contributed by atoms with van der Waals surface area (Å²) < 4.78 is 14.5. The van der Waals surface area contributed by atoms with Crippen LogP contribution in [-0.2, 0) is 0 Å². The highest BCUT2D eigenvalue weighted by molar-refractivity contribution is 9.10. The second-order valence-corrected chi connectivity index (χ2v) is 5.81. The van der Waals surface area contributed by atoms with Crippen LogP contribution in [0.4, 0.5) is 10.1 Å². The maximum atomic E-state index is 13.3. The average Bonchev–Trinajstić information content (AvgIpc) is 2.36. The largest absolute Gasteiger partial charge is 0.322 e. The molecular formula is C14H10Br2FNO. The van der Waals surface area contributed by atoms with Crippen LogP contribution in [0, 0.1) is 12.7 Å². The molecule has 0 aliphatic rings. The minimum atomic E-state index is -0.348. The van der Waals surface area contributed by atoms with Crippen molar-refractivity contribution in [2.75, 3.05) is 5.32 Å². The molecule has 0 fully saturated rings. The number of amides is 1. The van der Waals surface area contributed by atoms with E-state index in [0.717, 1.165) is 4.47 Å². The SMILES string of the molecule is Cc1cc(F)c(Br)cc1NC(=O)c1ccc(Br)cc1. The predicted octanol–water partition coefficient (Wildman–Crippen LogP) is 4.91. The Balaban J connectivity index is 2.24. The van der Waals surface area contributed by atoms with Gasteiger partial charge in [-0.3, -0.25) is 4.79 Å². The zero-order chi connectivity index (χ0) is 14.0. The predicted molar refractivity (Wildman–Crippen MR) is 80.9 cm³/mol. The molecule has 0 saturated carbocycles. The van der Waals surface area contributed by atoms with E-state index in [2.05, 4.69) is 37.2 Å². The van der Waals surface area contributed by atoms with Gasteiger partial charge in [-0.05, 0) is 64.8 Å². The van der Waals surface area contributed by atoms with E-state index in [-0.39, 0.29) is 11.7 Å². The molecule has 1 amide bonds. The third kappa shape index (κ3) is 3.42. The fourth-order valence-electron chi connectivity index (χ4n) is 1.58. The van der Waals surface area contributed by atoms with Crippen LogP contribution in [0.2, 0.25) is 0 Å². The van der Waals surface area contributed by atoms with Crippen molar-refractivity contribution in [2.24, 2.45) is 0 Å². The second-order valence-electron chi connectivity index (χ2n) is 4.04. The maximum Gasteiger partial charge on any atom is 0.255 e. The Morgan fingerprint density at radius 2 is 1.79 bits per heavy atom. The fourth-order valence-corrected chi connectivity index (χ4v) is 2.18. The van der Waals surface area contributed by atoms with Crippen LogP contribution >= 0.6 is 31.9 Å². The number of halogens is 3. The molecule has 0 atom stereocenters. The number of carbonyl (C=O) groups is 1. The van der Waals surface area contributed by atoms with E-state index in [4.69, 9.17) is 0 Å². The van der Waals surface area contributed by atoms with Gasteiger partial charge in [-0.25, -0.2) is 4.39 Å². The minimum Gasteiger partial charge on any atom is -0.322 e. The maximum absolute atomic E-state index is 13.3. The van der Waals surface area contributed by atoms with Gasteiger partial charge in [0.25, 0.3) is 5.91 Å². The van der Waals surface area contributed by atoms with E-state index in [1.165, 1.54) is 6.07 Å². The van der Waals surface area contributed by atoms with Crippen molar-refractivity contribution in [3.8, 4) is 0 Å². The number of nitrogens with one attached hydrogen (secondary N) is 1. The summed E-state index contributed by atoms with van der Waals surface area (Å²) in [6.07, 6.45) is 0. The lowest BCUT2D eigenvalue weighted by Gasteiger charge is -2.09. The monoisotopic (exact) mass is 385 g/mol. The third-order valence-corrected chi connectivity index (χ3v) is 3.76. The van der Waals surface area contributed by atoms with Gasteiger partial charge in [0.05, 0.1) is 4.47 Å². The molecule has 2 nitrogen and oxygen atoms in total. The highest BCUT2D eigenvalue weighted by Crippen LogP contribution is 2.24. The first-order valence-electron chi connectivity index (χ1n) is 5.50. The van der Waals surface area contributed by atoms with Gasteiger partial charge in [0.15, 0.2) is 0 Å². The smallest absolute Gasteiger partial charge is 0.255 e. The Labute approximate surface area is 127 Å². The zero-order valence-corrected chi connectivity index (χ0v) is 13.2. The Kier molecular flexibility index (Phi) is 4.37. The Morgan fingerprint density at radius 3 is 2.42 bits per heavy atom. The van der Waals surface area contributed by atoms with E-state index in [1.54, 1.807) is 37.3 Å². The summed E-state index contributed by atoms with van der Waals surface area (Å²) in [7, 11) is 0. The van der Waals surface area contributed by atoms with Crippen LogP contribution in [-0.4, -0.2) is 5.91 Å². The molecule has 2 aromatic carbocycles. The number of anilines is 1. The van der Waals surface area contributed by atoms with Gasteiger partial charge in [-0.15, -0.1) is 0 Å². The molecule has 0 spiro atoms. The van der Waals surface area contributed by atoms with Crippen LogP contribution in [0.25, 0.3) is 0 Å². The van der Waals surface area contributed by atoms with Gasteiger partial charge in [-0.1, -0.05) is 15.9 Å². The summed E-state index contributed by atoms with van der Waals surface area (Å²) in [4.78, 5) is 12.0. The first-order chi connectivity index (χ1) is 8.97. The highest BCUT2D eigenvalue weighted by atomic mass is 79.9. The fraction of sp³-hybridized carbons (Fsp3) is 0.0714. The number of carbonyl (C=O) groups excluding carboxylic acids is 1. The van der Waals surface area contributed by atoms with Crippen molar-refractivity contribution in [1.29, 1.82) is 0 Å². The summed E-state index contributed by atoms with van der Waals surface area (Å²) in [5.41, 5.74) is 1.80. The van der Waals surface area contributed by atoms with Crippen LogP contribution in [0.1, 0.15) is 15.9 Å². The minimum absolute atomic E-state index is 0.228. The number of hydrogen-bond donors (Lipinski definition) is 1. The summed E-state index contributed by atoms with van der Waals surface area (Å²) >= 11 is 6.41. The van der Waals surface area contributed by atoms with Gasteiger partial charge >= 0.3 is 0 Å². The van der Waals surface area contributed by atoms with Crippen LogP contribution in [0.5, 0.6) is 0 Å². The molecule has 2 rings (SSSR count). The molecule has 0 aliphatic heterocycles. The summed E-state index contributed by atoms with van der Waals surface area (Å²) in [5, 5.41) is 2.76. The Morgan fingerprint density at radius 1 is 1.16 bits per heavy atom. The highest BCUT2D eigenvalue weighted by Gasteiger charge is 2.10. The Hall–Kier alpha value is -1.20. The molecule has 5 heteroatoms. The molecule has 0 saturated heterocycles. The van der Waals surface area contributed by atoms with Crippen LogP contribution < -0.4 is 5.32 Å².